The molecule has 0 unspecified atom stereocenters. The Balaban J connectivity index is 1.05. The fraction of sp³-hybridized carbons (Fsp3) is 0.500. The quantitative estimate of drug-likeness (QED) is 0.433. The van der Waals surface area contributed by atoms with Gasteiger partial charge in [-0.3, -0.25) is 9.59 Å². The van der Waals surface area contributed by atoms with Crippen LogP contribution in [0.5, 0.6) is 0 Å². The standard InChI is InChI=1S/C34H41N5O3S/c40-31(38-18-12-25(13-19-38)37-16-6-1-7-17-37)29(22-24-23-43-30-11-5-2-8-26(24)30)36-33(42)39-20-14-34(15-21-39)27-9-3-4-10-28(27)35-32(34)41/h2-5,8-11,23,25,29H,1,6-7,12-22H2,(H,35,41)(H,36,42)/t29-/m1/s1. The first-order chi connectivity index (χ1) is 21.0. The molecule has 226 valence electrons. The first kappa shape index (κ1) is 28.3. The van der Waals surface area contributed by atoms with Crippen LogP contribution in [0.25, 0.3) is 10.1 Å². The fourth-order valence-corrected chi connectivity index (χ4v) is 8.74. The second-order valence-corrected chi connectivity index (χ2v) is 13.6. The first-order valence-corrected chi connectivity index (χ1v) is 16.8. The van der Waals surface area contributed by atoms with Crippen molar-refractivity contribution in [2.24, 2.45) is 0 Å². The van der Waals surface area contributed by atoms with E-state index in [2.05, 4.69) is 33.0 Å². The van der Waals surface area contributed by atoms with Crippen LogP contribution in [-0.4, -0.2) is 83.9 Å². The summed E-state index contributed by atoms with van der Waals surface area (Å²) in [5.41, 5.74) is 2.42. The molecule has 4 amide bonds. The topological polar surface area (TPSA) is 85.0 Å². The Kier molecular flexibility index (Phi) is 7.86. The molecule has 3 fully saturated rings. The third kappa shape index (κ3) is 5.42. The molecule has 3 aromatic rings. The van der Waals surface area contributed by atoms with Crippen LogP contribution in [0.3, 0.4) is 0 Å². The molecule has 0 saturated carbocycles. The largest absolute Gasteiger partial charge is 0.341 e. The number of nitrogens with one attached hydrogen (secondary N) is 2. The second kappa shape index (κ2) is 11.9. The van der Waals surface area contributed by atoms with E-state index in [1.165, 1.54) is 37.1 Å². The predicted molar refractivity (Wildman–Crippen MR) is 170 cm³/mol. The highest BCUT2D eigenvalue weighted by atomic mass is 32.1. The number of para-hydroxylation sites is 1. The number of amides is 4. The lowest BCUT2D eigenvalue weighted by Crippen LogP contribution is -2.57. The van der Waals surface area contributed by atoms with E-state index in [1.807, 2.05) is 41.3 Å². The van der Waals surface area contributed by atoms with Crippen LogP contribution in [-0.2, 0) is 21.4 Å². The summed E-state index contributed by atoms with van der Waals surface area (Å²) in [5.74, 6) is 0.0393. The average Bonchev–Trinajstić information content (AvgIpc) is 3.59. The minimum absolute atomic E-state index is 0.0123. The molecule has 8 nitrogen and oxygen atoms in total. The molecule has 7 rings (SSSR count). The summed E-state index contributed by atoms with van der Waals surface area (Å²) in [6.45, 7) is 4.75. The number of carbonyl (C=O) groups excluding carboxylic acids is 3. The smallest absolute Gasteiger partial charge is 0.318 e. The predicted octanol–water partition coefficient (Wildman–Crippen LogP) is 4.98. The van der Waals surface area contributed by atoms with E-state index in [0.717, 1.165) is 48.1 Å². The number of urea groups is 1. The number of hydrogen-bond acceptors (Lipinski definition) is 5. The number of hydrogen-bond donors (Lipinski definition) is 2. The van der Waals surface area contributed by atoms with Gasteiger partial charge >= 0.3 is 6.03 Å². The van der Waals surface area contributed by atoms with Crippen molar-refractivity contribution in [3.05, 3.63) is 65.0 Å². The van der Waals surface area contributed by atoms with Crippen LogP contribution in [0.15, 0.2) is 53.9 Å². The van der Waals surface area contributed by atoms with Gasteiger partial charge in [-0.15, -0.1) is 11.3 Å². The molecule has 0 bridgehead atoms. The van der Waals surface area contributed by atoms with Gasteiger partial charge in [-0.1, -0.05) is 42.8 Å². The van der Waals surface area contributed by atoms with Gasteiger partial charge in [-0.05, 0) is 85.6 Å². The van der Waals surface area contributed by atoms with Gasteiger partial charge in [-0.2, -0.15) is 0 Å². The maximum Gasteiger partial charge on any atom is 0.318 e. The molecule has 3 saturated heterocycles. The van der Waals surface area contributed by atoms with Gasteiger partial charge in [0.05, 0.1) is 5.41 Å². The fourth-order valence-electron chi connectivity index (χ4n) is 7.77. The highest BCUT2D eigenvalue weighted by molar-refractivity contribution is 7.17. The van der Waals surface area contributed by atoms with Crippen molar-refractivity contribution >= 4 is 45.0 Å². The molecular weight excluding hydrogens is 558 g/mol. The van der Waals surface area contributed by atoms with Crippen LogP contribution < -0.4 is 10.6 Å². The monoisotopic (exact) mass is 599 g/mol. The zero-order valence-corrected chi connectivity index (χ0v) is 25.5. The number of thiophene rings is 1. The number of likely N-dealkylation sites (tertiary alicyclic amines) is 3. The third-order valence-corrected chi connectivity index (χ3v) is 11.3. The molecule has 0 radical (unpaired) electrons. The lowest BCUT2D eigenvalue weighted by Gasteiger charge is -2.41. The number of rotatable bonds is 5. The van der Waals surface area contributed by atoms with Crippen molar-refractivity contribution in [2.45, 2.75) is 68.9 Å². The highest BCUT2D eigenvalue weighted by Crippen LogP contribution is 2.44. The Morgan fingerprint density at radius 1 is 0.907 bits per heavy atom. The van der Waals surface area contributed by atoms with Crippen molar-refractivity contribution < 1.29 is 14.4 Å². The van der Waals surface area contributed by atoms with Crippen molar-refractivity contribution in [3.8, 4) is 0 Å². The normalized spacial score (nSPS) is 21.5. The van der Waals surface area contributed by atoms with Crippen LogP contribution in [0.4, 0.5) is 10.5 Å². The van der Waals surface area contributed by atoms with Gasteiger partial charge < -0.3 is 25.3 Å². The lowest BCUT2D eigenvalue weighted by molar-refractivity contribution is -0.134. The number of fused-ring (bicyclic) bond motifs is 3. The van der Waals surface area contributed by atoms with Crippen molar-refractivity contribution in [3.63, 3.8) is 0 Å². The molecule has 2 aromatic carbocycles. The summed E-state index contributed by atoms with van der Waals surface area (Å²) >= 11 is 1.68. The molecule has 1 spiro atoms. The molecule has 4 aliphatic rings. The van der Waals surface area contributed by atoms with Gasteiger partial charge in [0, 0.05) is 49.0 Å². The molecule has 9 heteroatoms. The molecule has 4 aliphatic heterocycles. The summed E-state index contributed by atoms with van der Waals surface area (Å²) in [6, 6.07) is 15.8. The van der Waals surface area contributed by atoms with Gasteiger partial charge in [0.25, 0.3) is 0 Å². The summed E-state index contributed by atoms with van der Waals surface area (Å²) < 4.78 is 1.19. The maximum atomic E-state index is 14.1. The van der Waals surface area contributed by atoms with E-state index >= 15 is 0 Å². The summed E-state index contributed by atoms with van der Waals surface area (Å²) in [5, 5.41) is 9.47. The number of nitrogens with zero attached hydrogens (tertiary/aromatic N) is 3. The summed E-state index contributed by atoms with van der Waals surface area (Å²) in [6.07, 6.45) is 7.46. The van der Waals surface area contributed by atoms with Gasteiger partial charge in [0.2, 0.25) is 11.8 Å². The minimum Gasteiger partial charge on any atom is -0.341 e. The zero-order valence-electron chi connectivity index (χ0n) is 24.7. The Morgan fingerprint density at radius 3 is 2.42 bits per heavy atom. The zero-order chi connectivity index (χ0) is 29.4. The van der Waals surface area contributed by atoms with Crippen LogP contribution in [0.1, 0.15) is 56.1 Å². The molecule has 43 heavy (non-hydrogen) atoms. The maximum absolute atomic E-state index is 14.1. The lowest BCUT2D eigenvalue weighted by atomic mass is 9.74. The van der Waals surface area contributed by atoms with Crippen molar-refractivity contribution in [2.75, 3.05) is 44.6 Å². The van der Waals surface area contributed by atoms with Crippen molar-refractivity contribution in [1.82, 2.24) is 20.0 Å². The minimum atomic E-state index is -0.636. The van der Waals surface area contributed by atoms with Crippen molar-refractivity contribution in [1.29, 1.82) is 0 Å². The van der Waals surface area contributed by atoms with E-state index in [9.17, 15) is 14.4 Å². The molecule has 1 atom stereocenters. The second-order valence-electron chi connectivity index (χ2n) is 12.7. The molecule has 2 N–H and O–H groups in total. The Morgan fingerprint density at radius 2 is 1.63 bits per heavy atom. The van der Waals surface area contributed by atoms with Gasteiger partial charge in [0.15, 0.2) is 0 Å². The molecule has 0 aliphatic carbocycles. The van der Waals surface area contributed by atoms with Crippen LogP contribution in [0.2, 0.25) is 0 Å². The van der Waals surface area contributed by atoms with Crippen LogP contribution >= 0.6 is 11.3 Å². The number of anilines is 1. The van der Waals surface area contributed by atoms with E-state index in [-0.39, 0.29) is 17.8 Å². The van der Waals surface area contributed by atoms with E-state index in [1.54, 1.807) is 16.2 Å². The number of carbonyl (C=O) groups is 3. The number of benzene rings is 2. The Hall–Kier alpha value is -3.43. The highest BCUT2D eigenvalue weighted by Gasteiger charge is 2.49. The van der Waals surface area contributed by atoms with E-state index in [4.69, 9.17) is 0 Å². The molecule has 1 aromatic heterocycles. The van der Waals surface area contributed by atoms with E-state index in [0.29, 0.717) is 38.4 Å². The number of piperidine rings is 3. The average molecular weight is 600 g/mol. The van der Waals surface area contributed by atoms with Gasteiger partial charge in [0.1, 0.15) is 6.04 Å². The Bertz CT molecular complexity index is 1500. The summed E-state index contributed by atoms with van der Waals surface area (Å²) in [4.78, 5) is 47.2. The first-order valence-electron chi connectivity index (χ1n) is 16.0. The van der Waals surface area contributed by atoms with Crippen LogP contribution in [0, 0.1) is 0 Å². The SMILES string of the molecule is O=C(N[C@H](Cc1csc2ccccc12)C(=O)N1CCC(N2CCCCC2)CC1)N1CCC2(CC1)C(=O)Nc1ccccc12. The summed E-state index contributed by atoms with van der Waals surface area (Å²) in [7, 11) is 0. The van der Waals surface area contributed by atoms with Gasteiger partial charge in [-0.25, -0.2) is 4.79 Å². The van der Waals surface area contributed by atoms with E-state index < -0.39 is 11.5 Å². The Labute approximate surface area is 257 Å². The molecule has 5 heterocycles. The molecular formula is C34H41N5O3S. The third-order valence-electron chi connectivity index (χ3n) is 10.3.